The maximum Gasteiger partial charge on any atom is 0.261 e. The Morgan fingerprint density at radius 1 is 0.906 bits per heavy atom. The molecular weight excluding hydrogens is 400 g/mol. The summed E-state index contributed by atoms with van der Waals surface area (Å²) in [6.45, 7) is 7.26. The third kappa shape index (κ3) is 4.24. The number of methoxy groups -OCH3 is 1. The van der Waals surface area contributed by atoms with Gasteiger partial charge in [0.05, 0.1) is 24.6 Å². The van der Waals surface area contributed by atoms with Gasteiger partial charge in [-0.05, 0) is 80.3 Å². The Balaban J connectivity index is 1.63. The van der Waals surface area contributed by atoms with E-state index in [4.69, 9.17) is 14.5 Å². The molecule has 0 N–H and O–H groups in total. The lowest BCUT2D eigenvalue weighted by atomic mass is 10.1. The molecule has 0 spiro atoms. The largest absolute Gasteiger partial charge is 0.497 e. The average Bonchev–Trinajstić information content (AvgIpc) is 2.82. The highest BCUT2D eigenvalue weighted by atomic mass is 16.5. The number of hydrogen-bond acceptors (Lipinski definition) is 4. The lowest BCUT2D eigenvalue weighted by molar-refractivity contribution is 0.297. The van der Waals surface area contributed by atoms with Crippen molar-refractivity contribution in [3.05, 3.63) is 87.7 Å². The van der Waals surface area contributed by atoms with E-state index >= 15 is 0 Å². The fraction of sp³-hybridized carbons (Fsp3) is 0.259. The molecule has 0 radical (unpaired) electrons. The minimum atomic E-state index is -0.0377. The fourth-order valence-corrected chi connectivity index (χ4v) is 3.88. The number of para-hydroxylation sites is 1. The van der Waals surface area contributed by atoms with E-state index in [1.165, 1.54) is 5.56 Å². The van der Waals surface area contributed by atoms with Crippen LogP contribution in [0.3, 0.4) is 0 Å². The molecule has 1 aromatic heterocycles. The van der Waals surface area contributed by atoms with E-state index in [-0.39, 0.29) is 5.56 Å². The van der Waals surface area contributed by atoms with Gasteiger partial charge < -0.3 is 9.47 Å². The average molecular weight is 429 g/mol. The molecule has 1 heterocycles. The first kappa shape index (κ1) is 21.6. The SMILES string of the molecule is COc1ccc(-c2nc3ccccc3c(=O)n2CCCOc2c(C)ccc(C)c2C)cc1. The predicted molar refractivity (Wildman–Crippen MR) is 129 cm³/mol. The molecule has 0 bridgehead atoms. The molecule has 0 atom stereocenters. The van der Waals surface area contributed by atoms with Gasteiger partial charge in [0.1, 0.15) is 17.3 Å². The molecule has 0 aliphatic heterocycles. The van der Waals surface area contributed by atoms with Crippen LogP contribution in [-0.4, -0.2) is 23.3 Å². The number of aromatic nitrogens is 2. The maximum atomic E-state index is 13.3. The second-order valence-electron chi connectivity index (χ2n) is 7.99. The van der Waals surface area contributed by atoms with Crippen molar-refractivity contribution in [2.24, 2.45) is 0 Å². The maximum absolute atomic E-state index is 13.3. The predicted octanol–water partition coefficient (Wildman–Crippen LogP) is 5.47. The number of fused-ring (bicyclic) bond motifs is 1. The summed E-state index contributed by atoms with van der Waals surface area (Å²) in [5, 5.41) is 0.621. The van der Waals surface area contributed by atoms with Crippen LogP contribution in [0.4, 0.5) is 0 Å². The summed E-state index contributed by atoms with van der Waals surface area (Å²) in [5.41, 5.74) is 5.03. The Morgan fingerprint density at radius 2 is 1.62 bits per heavy atom. The lowest BCUT2D eigenvalue weighted by Crippen LogP contribution is -2.24. The van der Waals surface area contributed by atoms with Gasteiger partial charge in [0.2, 0.25) is 0 Å². The molecule has 0 saturated carbocycles. The van der Waals surface area contributed by atoms with Crippen molar-refractivity contribution in [2.75, 3.05) is 13.7 Å². The highest BCUT2D eigenvalue weighted by molar-refractivity contribution is 5.79. The summed E-state index contributed by atoms with van der Waals surface area (Å²) < 4.78 is 13.1. The van der Waals surface area contributed by atoms with Gasteiger partial charge in [-0.3, -0.25) is 9.36 Å². The highest BCUT2D eigenvalue weighted by Gasteiger charge is 2.13. The second kappa shape index (κ2) is 9.27. The quantitative estimate of drug-likeness (QED) is 0.367. The number of rotatable bonds is 7. The fourth-order valence-electron chi connectivity index (χ4n) is 3.88. The van der Waals surface area contributed by atoms with E-state index in [2.05, 4.69) is 32.9 Å². The molecule has 0 saturated heterocycles. The molecule has 32 heavy (non-hydrogen) atoms. The van der Waals surface area contributed by atoms with E-state index in [0.717, 1.165) is 28.2 Å². The zero-order chi connectivity index (χ0) is 22.7. The highest BCUT2D eigenvalue weighted by Crippen LogP contribution is 2.26. The standard InChI is InChI=1S/C27H28N2O3/c1-18-10-11-19(2)25(20(18)3)32-17-7-16-29-26(21-12-14-22(31-4)15-13-21)28-24-9-6-5-8-23(24)27(29)30/h5-6,8-15H,7,16-17H2,1-4H3. The van der Waals surface area contributed by atoms with E-state index in [1.54, 1.807) is 11.7 Å². The van der Waals surface area contributed by atoms with Crippen molar-refractivity contribution >= 4 is 10.9 Å². The second-order valence-corrected chi connectivity index (χ2v) is 7.99. The number of ether oxygens (including phenoxy) is 2. The Bertz CT molecular complexity index is 1310. The number of benzene rings is 3. The van der Waals surface area contributed by atoms with Crippen LogP contribution in [0.2, 0.25) is 0 Å². The molecule has 5 nitrogen and oxygen atoms in total. The summed E-state index contributed by atoms with van der Waals surface area (Å²) >= 11 is 0. The van der Waals surface area contributed by atoms with Crippen LogP contribution in [0, 0.1) is 20.8 Å². The Kier molecular flexibility index (Phi) is 6.26. The zero-order valence-corrected chi connectivity index (χ0v) is 19.0. The van der Waals surface area contributed by atoms with Crippen molar-refractivity contribution in [3.8, 4) is 22.9 Å². The van der Waals surface area contributed by atoms with Crippen molar-refractivity contribution < 1.29 is 9.47 Å². The normalized spacial score (nSPS) is 11.0. The van der Waals surface area contributed by atoms with E-state index < -0.39 is 0 Å². The summed E-state index contributed by atoms with van der Waals surface area (Å²) in [5.74, 6) is 2.35. The number of hydrogen-bond donors (Lipinski definition) is 0. The molecule has 3 aromatic carbocycles. The van der Waals surface area contributed by atoms with Crippen LogP contribution in [0.5, 0.6) is 11.5 Å². The molecule has 0 aliphatic rings. The van der Waals surface area contributed by atoms with Gasteiger partial charge in [-0.15, -0.1) is 0 Å². The van der Waals surface area contributed by atoms with Crippen LogP contribution in [0.1, 0.15) is 23.1 Å². The molecule has 0 amide bonds. The topological polar surface area (TPSA) is 53.3 Å². The van der Waals surface area contributed by atoms with Crippen LogP contribution in [-0.2, 0) is 6.54 Å². The molecule has 4 rings (SSSR count). The Hall–Kier alpha value is -3.60. The van der Waals surface area contributed by atoms with Crippen LogP contribution in [0.25, 0.3) is 22.3 Å². The minimum Gasteiger partial charge on any atom is -0.497 e. The molecule has 164 valence electrons. The Labute approximate surface area is 188 Å². The number of aryl methyl sites for hydroxylation is 2. The smallest absolute Gasteiger partial charge is 0.261 e. The van der Waals surface area contributed by atoms with Crippen molar-refractivity contribution in [2.45, 2.75) is 33.7 Å². The van der Waals surface area contributed by atoms with Gasteiger partial charge in [-0.25, -0.2) is 4.98 Å². The monoisotopic (exact) mass is 428 g/mol. The molecule has 0 aliphatic carbocycles. The molecule has 5 heteroatoms. The number of nitrogens with zero attached hydrogens (tertiary/aromatic N) is 2. The van der Waals surface area contributed by atoms with Crippen molar-refractivity contribution in [1.82, 2.24) is 9.55 Å². The minimum absolute atomic E-state index is 0.0377. The van der Waals surface area contributed by atoms with E-state index in [9.17, 15) is 4.79 Å². The van der Waals surface area contributed by atoms with Gasteiger partial charge in [0.15, 0.2) is 0 Å². The van der Waals surface area contributed by atoms with E-state index in [1.807, 2.05) is 48.5 Å². The first-order valence-corrected chi connectivity index (χ1v) is 10.8. The summed E-state index contributed by atoms with van der Waals surface area (Å²) in [6.07, 6.45) is 0.690. The van der Waals surface area contributed by atoms with Crippen LogP contribution < -0.4 is 15.0 Å². The lowest BCUT2D eigenvalue weighted by Gasteiger charge is -2.16. The molecule has 0 fully saturated rings. The molecule has 4 aromatic rings. The van der Waals surface area contributed by atoms with Gasteiger partial charge in [0, 0.05) is 12.1 Å². The first-order valence-electron chi connectivity index (χ1n) is 10.8. The Morgan fingerprint density at radius 3 is 2.38 bits per heavy atom. The van der Waals surface area contributed by atoms with Crippen molar-refractivity contribution in [3.63, 3.8) is 0 Å². The summed E-state index contributed by atoms with van der Waals surface area (Å²) in [6, 6.07) is 19.3. The van der Waals surface area contributed by atoms with Gasteiger partial charge in [-0.1, -0.05) is 24.3 Å². The van der Waals surface area contributed by atoms with Crippen molar-refractivity contribution in [1.29, 1.82) is 0 Å². The third-order valence-corrected chi connectivity index (χ3v) is 5.86. The zero-order valence-electron chi connectivity index (χ0n) is 19.0. The third-order valence-electron chi connectivity index (χ3n) is 5.86. The van der Waals surface area contributed by atoms with E-state index in [0.29, 0.717) is 36.3 Å². The molecular formula is C27H28N2O3. The molecule has 0 unspecified atom stereocenters. The van der Waals surface area contributed by atoms with Crippen LogP contribution in [0.15, 0.2) is 65.5 Å². The van der Waals surface area contributed by atoms with Gasteiger partial charge in [-0.2, -0.15) is 0 Å². The van der Waals surface area contributed by atoms with Gasteiger partial charge >= 0.3 is 0 Å². The summed E-state index contributed by atoms with van der Waals surface area (Å²) in [7, 11) is 1.64. The first-order chi connectivity index (χ1) is 15.5. The summed E-state index contributed by atoms with van der Waals surface area (Å²) in [4.78, 5) is 18.1. The van der Waals surface area contributed by atoms with Gasteiger partial charge in [0.25, 0.3) is 5.56 Å². The van der Waals surface area contributed by atoms with Crippen LogP contribution >= 0.6 is 0 Å².